The van der Waals surface area contributed by atoms with E-state index in [4.69, 9.17) is 18.9 Å². The summed E-state index contributed by atoms with van der Waals surface area (Å²) in [4.78, 5) is 0. The summed E-state index contributed by atoms with van der Waals surface area (Å²) in [6.07, 6.45) is 15.9. The van der Waals surface area contributed by atoms with Gasteiger partial charge in [-0.05, 0) is 123 Å². The van der Waals surface area contributed by atoms with Crippen LogP contribution in [-0.4, -0.2) is 32.7 Å². The van der Waals surface area contributed by atoms with E-state index in [0.717, 1.165) is 62.0 Å². The zero-order chi connectivity index (χ0) is 27.4. The van der Waals surface area contributed by atoms with E-state index < -0.39 is 0 Å². The third kappa shape index (κ3) is 9.98. The second kappa shape index (κ2) is 15.4. The molecule has 0 radical (unpaired) electrons. The zero-order valence-corrected chi connectivity index (χ0v) is 25.1. The van der Waals surface area contributed by atoms with Crippen LogP contribution >= 0.6 is 0 Å². The fourth-order valence-corrected chi connectivity index (χ4v) is 4.94. The van der Waals surface area contributed by atoms with Crippen molar-refractivity contribution < 1.29 is 18.9 Å². The fraction of sp³-hybridized carbons (Fsp3) is 0.636. The molecule has 0 unspecified atom stereocenters. The topological polar surface area (TPSA) is 36.9 Å². The number of benzene rings is 1. The molecule has 37 heavy (non-hydrogen) atoms. The van der Waals surface area contributed by atoms with Gasteiger partial charge in [-0.25, -0.2) is 0 Å². The third-order valence-electron chi connectivity index (χ3n) is 7.57. The molecule has 0 saturated heterocycles. The summed E-state index contributed by atoms with van der Waals surface area (Å²) < 4.78 is 23.3. The van der Waals surface area contributed by atoms with Crippen molar-refractivity contribution in [1.29, 1.82) is 0 Å². The summed E-state index contributed by atoms with van der Waals surface area (Å²) in [5, 5.41) is 0. The zero-order valence-electron chi connectivity index (χ0n) is 25.1. The van der Waals surface area contributed by atoms with E-state index in [-0.39, 0.29) is 12.4 Å². The Bertz CT molecular complexity index is 965. The van der Waals surface area contributed by atoms with Gasteiger partial charge >= 0.3 is 0 Å². The van der Waals surface area contributed by atoms with Gasteiger partial charge in [0.2, 0.25) is 0 Å². The molecule has 0 aromatic heterocycles. The van der Waals surface area contributed by atoms with E-state index in [1.54, 1.807) is 7.11 Å². The molecule has 1 heterocycles. The average molecular weight is 513 g/mol. The summed E-state index contributed by atoms with van der Waals surface area (Å²) >= 11 is 0. The maximum atomic E-state index is 6.73. The smallest absolute Gasteiger partial charge is 0.189 e. The predicted molar refractivity (Wildman–Crippen MR) is 156 cm³/mol. The SMILES string of the molecule is COCCOCOc1c(C)c(C)c2c(c1C)CC[C@@](C)(CC/C=C(\C)CC/C=C(\C)CCC=C(C)C)O2. The molecular formula is C33H52O4. The normalized spacial score (nSPS) is 17.9. The Labute approximate surface area is 227 Å². The first-order chi connectivity index (χ1) is 17.6. The predicted octanol–water partition coefficient (Wildman–Crippen LogP) is 8.89. The van der Waals surface area contributed by atoms with Crippen LogP contribution in [0.1, 0.15) is 102 Å². The van der Waals surface area contributed by atoms with E-state index >= 15 is 0 Å². The highest BCUT2D eigenvalue weighted by atomic mass is 16.7. The van der Waals surface area contributed by atoms with Crippen LogP contribution in [-0.2, 0) is 15.9 Å². The number of hydrogen-bond donors (Lipinski definition) is 0. The standard InChI is InChI=1S/C33H52O4/c1-24(2)13-10-14-25(3)15-11-16-26(4)17-12-19-33(8)20-18-30-29(7)31(36-23-35-22-21-34-9)27(5)28(6)32(30)37-33/h13,15,17H,10-12,14,16,18-23H2,1-9H3/b25-15+,26-17+/t33-/m1/s1. The summed E-state index contributed by atoms with van der Waals surface area (Å²) in [6, 6.07) is 0. The molecule has 0 saturated carbocycles. The largest absolute Gasteiger partial charge is 0.487 e. The number of allylic oxidation sites excluding steroid dienone is 6. The summed E-state index contributed by atoms with van der Waals surface area (Å²) in [5.41, 5.74) is 9.02. The van der Waals surface area contributed by atoms with Crippen LogP contribution < -0.4 is 9.47 Å². The highest BCUT2D eigenvalue weighted by Gasteiger charge is 2.34. The highest BCUT2D eigenvalue weighted by Crippen LogP contribution is 2.44. The number of hydrogen-bond acceptors (Lipinski definition) is 4. The Morgan fingerprint density at radius 2 is 1.51 bits per heavy atom. The molecule has 1 aliphatic rings. The van der Waals surface area contributed by atoms with E-state index in [9.17, 15) is 0 Å². The van der Waals surface area contributed by atoms with Gasteiger partial charge in [0.15, 0.2) is 6.79 Å². The van der Waals surface area contributed by atoms with Crippen molar-refractivity contribution >= 4 is 0 Å². The number of ether oxygens (including phenoxy) is 4. The van der Waals surface area contributed by atoms with Gasteiger partial charge in [0, 0.05) is 12.7 Å². The van der Waals surface area contributed by atoms with Crippen molar-refractivity contribution in [3.8, 4) is 11.5 Å². The first kappa shape index (κ1) is 31.2. The lowest BCUT2D eigenvalue weighted by Crippen LogP contribution is -2.37. The summed E-state index contributed by atoms with van der Waals surface area (Å²) in [7, 11) is 1.67. The molecule has 1 aliphatic heterocycles. The van der Waals surface area contributed by atoms with Crippen molar-refractivity contribution in [1.82, 2.24) is 0 Å². The Hall–Kier alpha value is -2.04. The Balaban J connectivity index is 1.92. The highest BCUT2D eigenvalue weighted by molar-refractivity contribution is 5.59. The first-order valence-electron chi connectivity index (χ1n) is 14.0. The van der Waals surface area contributed by atoms with E-state index in [1.807, 2.05) is 0 Å². The second-order valence-electron chi connectivity index (χ2n) is 11.2. The van der Waals surface area contributed by atoms with Gasteiger partial charge in [0.05, 0.1) is 13.2 Å². The first-order valence-corrected chi connectivity index (χ1v) is 14.0. The molecule has 0 spiro atoms. The second-order valence-corrected chi connectivity index (χ2v) is 11.2. The van der Waals surface area contributed by atoms with Gasteiger partial charge in [-0.3, -0.25) is 0 Å². The van der Waals surface area contributed by atoms with Crippen LogP contribution in [0.3, 0.4) is 0 Å². The van der Waals surface area contributed by atoms with Gasteiger partial charge in [-0.2, -0.15) is 0 Å². The van der Waals surface area contributed by atoms with E-state index in [0.29, 0.717) is 13.2 Å². The van der Waals surface area contributed by atoms with Crippen molar-refractivity contribution in [2.75, 3.05) is 27.1 Å². The summed E-state index contributed by atoms with van der Waals surface area (Å²) in [5.74, 6) is 1.99. The van der Waals surface area contributed by atoms with Crippen LogP contribution in [0.2, 0.25) is 0 Å². The van der Waals surface area contributed by atoms with Crippen LogP contribution in [0.4, 0.5) is 0 Å². The molecule has 4 heteroatoms. The minimum Gasteiger partial charge on any atom is -0.487 e. The minimum absolute atomic E-state index is 0.138. The molecule has 2 rings (SSSR count). The van der Waals surface area contributed by atoms with Gasteiger partial charge < -0.3 is 18.9 Å². The molecule has 0 amide bonds. The molecule has 208 valence electrons. The molecule has 4 nitrogen and oxygen atoms in total. The van der Waals surface area contributed by atoms with Gasteiger partial charge in [0.25, 0.3) is 0 Å². The number of fused-ring (bicyclic) bond motifs is 1. The molecular weight excluding hydrogens is 460 g/mol. The van der Waals surface area contributed by atoms with Crippen molar-refractivity contribution in [2.45, 2.75) is 112 Å². The lowest BCUT2D eigenvalue weighted by molar-refractivity contribution is -0.00936. The monoisotopic (exact) mass is 512 g/mol. The van der Waals surface area contributed by atoms with Crippen molar-refractivity contribution in [3.63, 3.8) is 0 Å². The van der Waals surface area contributed by atoms with Gasteiger partial charge in [-0.1, -0.05) is 34.9 Å². The summed E-state index contributed by atoms with van der Waals surface area (Å²) in [6.45, 7) is 18.9. The average Bonchev–Trinajstić information content (AvgIpc) is 2.84. The fourth-order valence-electron chi connectivity index (χ4n) is 4.94. The van der Waals surface area contributed by atoms with E-state index in [2.05, 4.69) is 73.6 Å². The number of rotatable bonds is 15. The maximum absolute atomic E-state index is 6.73. The quantitative estimate of drug-likeness (QED) is 0.134. The molecule has 1 aromatic rings. The van der Waals surface area contributed by atoms with E-state index in [1.165, 1.54) is 39.8 Å². The van der Waals surface area contributed by atoms with Gasteiger partial charge in [-0.15, -0.1) is 0 Å². The molecule has 0 fully saturated rings. The molecule has 1 atom stereocenters. The maximum Gasteiger partial charge on any atom is 0.189 e. The Kier molecular flexibility index (Phi) is 13.0. The third-order valence-corrected chi connectivity index (χ3v) is 7.57. The Morgan fingerprint density at radius 3 is 2.16 bits per heavy atom. The van der Waals surface area contributed by atoms with Crippen molar-refractivity contribution in [3.05, 3.63) is 57.2 Å². The van der Waals surface area contributed by atoms with Crippen LogP contribution in [0.15, 0.2) is 34.9 Å². The van der Waals surface area contributed by atoms with Crippen LogP contribution in [0, 0.1) is 20.8 Å². The van der Waals surface area contributed by atoms with Crippen LogP contribution in [0.25, 0.3) is 0 Å². The lowest BCUT2D eigenvalue weighted by Gasteiger charge is -2.38. The molecule has 0 bridgehead atoms. The molecule has 1 aromatic carbocycles. The number of methoxy groups -OCH3 is 1. The van der Waals surface area contributed by atoms with Crippen molar-refractivity contribution in [2.24, 2.45) is 0 Å². The van der Waals surface area contributed by atoms with Crippen LogP contribution in [0.5, 0.6) is 11.5 Å². The van der Waals surface area contributed by atoms with Gasteiger partial charge in [0.1, 0.15) is 17.1 Å². The minimum atomic E-state index is -0.138. The Morgan fingerprint density at radius 1 is 0.865 bits per heavy atom. The molecule has 0 N–H and O–H groups in total. The lowest BCUT2D eigenvalue weighted by atomic mass is 9.85. The molecule has 0 aliphatic carbocycles.